The Morgan fingerprint density at radius 3 is 2.96 bits per heavy atom. The summed E-state index contributed by atoms with van der Waals surface area (Å²) in [4.78, 5) is 30.0. The fourth-order valence-electron chi connectivity index (χ4n) is 3.04. The van der Waals surface area contributed by atoms with Crippen LogP contribution in [0.15, 0.2) is 42.6 Å². The zero-order valence-corrected chi connectivity index (χ0v) is 14.1. The van der Waals surface area contributed by atoms with E-state index in [9.17, 15) is 9.59 Å². The lowest BCUT2D eigenvalue weighted by Gasteiger charge is -2.15. The molecule has 132 valence electrons. The third kappa shape index (κ3) is 3.26. The molecule has 8 heteroatoms. The van der Waals surface area contributed by atoms with Gasteiger partial charge in [0.15, 0.2) is 0 Å². The molecule has 1 aliphatic heterocycles. The molecule has 0 spiro atoms. The molecule has 0 radical (unpaired) electrons. The molecule has 1 fully saturated rings. The quantitative estimate of drug-likeness (QED) is 0.748. The van der Waals surface area contributed by atoms with Gasteiger partial charge in [-0.15, -0.1) is 5.10 Å². The van der Waals surface area contributed by atoms with E-state index in [1.807, 2.05) is 36.4 Å². The van der Waals surface area contributed by atoms with Gasteiger partial charge in [-0.05, 0) is 36.2 Å². The second kappa shape index (κ2) is 6.91. The molecular formula is C18H18N6O2. The van der Waals surface area contributed by atoms with E-state index in [-0.39, 0.29) is 18.4 Å². The first kappa shape index (κ1) is 16.2. The van der Waals surface area contributed by atoms with E-state index in [1.54, 1.807) is 15.8 Å². The number of hydrogen-bond acceptors (Lipinski definition) is 5. The first-order chi connectivity index (χ1) is 12.7. The van der Waals surface area contributed by atoms with Gasteiger partial charge in [0.05, 0.1) is 5.52 Å². The zero-order valence-electron chi connectivity index (χ0n) is 14.1. The number of carbonyl (C=O) groups is 2. The average Bonchev–Trinajstić information content (AvgIpc) is 3.27. The highest BCUT2D eigenvalue weighted by molar-refractivity contribution is 5.94. The van der Waals surface area contributed by atoms with Gasteiger partial charge in [0.2, 0.25) is 11.8 Å². The van der Waals surface area contributed by atoms with Gasteiger partial charge in [-0.2, -0.15) is 0 Å². The predicted octanol–water partition coefficient (Wildman–Crippen LogP) is 1.27. The molecule has 0 aliphatic carbocycles. The van der Waals surface area contributed by atoms with Crippen molar-refractivity contribution in [1.82, 2.24) is 25.3 Å². The molecule has 3 aromatic rings. The maximum atomic E-state index is 12.2. The SMILES string of the molecule is O=C(Cn1nnc2ccccc21)NCc1ccnc(N2CCCC2=O)c1. The van der Waals surface area contributed by atoms with Crippen molar-refractivity contribution < 1.29 is 9.59 Å². The fraction of sp³-hybridized carbons (Fsp3) is 0.278. The van der Waals surface area contributed by atoms with E-state index in [0.717, 1.165) is 23.0 Å². The minimum Gasteiger partial charge on any atom is -0.350 e. The molecule has 2 aromatic heterocycles. The lowest BCUT2D eigenvalue weighted by atomic mass is 10.2. The van der Waals surface area contributed by atoms with E-state index in [4.69, 9.17) is 0 Å². The summed E-state index contributed by atoms with van der Waals surface area (Å²) in [6.45, 7) is 1.16. The third-order valence-corrected chi connectivity index (χ3v) is 4.36. The fourth-order valence-corrected chi connectivity index (χ4v) is 3.04. The van der Waals surface area contributed by atoms with Crippen molar-refractivity contribution in [2.45, 2.75) is 25.9 Å². The number of para-hydroxylation sites is 1. The van der Waals surface area contributed by atoms with Crippen LogP contribution in [0.2, 0.25) is 0 Å². The van der Waals surface area contributed by atoms with Crippen LogP contribution in [0.1, 0.15) is 18.4 Å². The number of hydrogen-bond donors (Lipinski definition) is 1. The summed E-state index contributed by atoms with van der Waals surface area (Å²) < 4.78 is 1.57. The van der Waals surface area contributed by atoms with Gasteiger partial charge in [0.1, 0.15) is 17.9 Å². The van der Waals surface area contributed by atoms with E-state index in [2.05, 4.69) is 20.6 Å². The Morgan fingerprint density at radius 1 is 1.23 bits per heavy atom. The molecule has 0 atom stereocenters. The molecule has 2 amide bonds. The number of rotatable bonds is 5. The smallest absolute Gasteiger partial charge is 0.242 e. The molecule has 0 unspecified atom stereocenters. The molecule has 1 aliphatic rings. The van der Waals surface area contributed by atoms with Crippen LogP contribution in [-0.4, -0.2) is 38.3 Å². The number of anilines is 1. The predicted molar refractivity (Wildman–Crippen MR) is 95.2 cm³/mol. The Hall–Kier alpha value is -3.29. The first-order valence-corrected chi connectivity index (χ1v) is 8.51. The van der Waals surface area contributed by atoms with E-state index in [0.29, 0.717) is 25.3 Å². The van der Waals surface area contributed by atoms with Gasteiger partial charge >= 0.3 is 0 Å². The standard InChI is InChI=1S/C18H18N6O2/c25-17(12-24-15-5-2-1-4-14(15)21-22-24)20-11-13-7-8-19-16(10-13)23-9-3-6-18(23)26/h1-2,4-5,7-8,10H,3,6,9,11-12H2,(H,20,25). The molecular weight excluding hydrogens is 332 g/mol. The lowest BCUT2D eigenvalue weighted by Crippen LogP contribution is -2.28. The number of fused-ring (bicyclic) bond motifs is 1. The summed E-state index contributed by atoms with van der Waals surface area (Å²) >= 11 is 0. The van der Waals surface area contributed by atoms with Crippen LogP contribution in [0.3, 0.4) is 0 Å². The third-order valence-electron chi connectivity index (χ3n) is 4.36. The zero-order chi connectivity index (χ0) is 17.9. The summed E-state index contributed by atoms with van der Waals surface area (Å²) in [5.41, 5.74) is 2.47. The molecule has 26 heavy (non-hydrogen) atoms. The number of carbonyl (C=O) groups excluding carboxylic acids is 2. The van der Waals surface area contributed by atoms with Crippen LogP contribution in [0.25, 0.3) is 11.0 Å². The molecule has 0 bridgehead atoms. The second-order valence-electron chi connectivity index (χ2n) is 6.18. The van der Waals surface area contributed by atoms with Crippen molar-refractivity contribution in [3.63, 3.8) is 0 Å². The van der Waals surface area contributed by atoms with Crippen LogP contribution in [-0.2, 0) is 22.7 Å². The monoisotopic (exact) mass is 350 g/mol. The van der Waals surface area contributed by atoms with Crippen molar-refractivity contribution >= 4 is 28.7 Å². The second-order valence-corrected chi connectivity index (χ2v) is 6.18. The van der Waals surface area contributed by atoms with Gasteiger partial charge in [-0.3, -0.25) is 14.5 Å². The Balaban J connectivity index is 1.39. The summed E-state index contributed by atoms with van der Waals surface area (Å²) in [7, 11) is 0. The van der Waals surface area contributed by atoms with Gasteiger partial charge < -0.3 is 5.32 Å². The van der Waals surface area contributed by atoms with Crippen LogP contribution in [0.5, 0.6) is 0 Å². The van der Waals surface area contributed by atoms with Crippen LogP contribution < -0.4 is 10.2 Å². The van der Waals surface area contributed by atoms with Crippen molar-refractivity contribution in [1.29, 1.82) is 0 Å². The molecule has 0 saturated carbocycles. The van der Waals surface area contributed by atoms with Gasteiger partial charge in [0.25, 0.3) is 0 Å². The summed E-state index contributed by atoms with van der Waals surface area (Å²) in [5, 5.41) is 10.9. The molecule has 4 rings (SSSR count). The summed E-state index contributed by atoms with van der Waals surface area (Å²) in [6, 6.07) is 11.2. The van der Waals surface area contributed by atoms with Crippen molar-refractivity contribution in [2.75, 3.05) is 11.4 Å². The molecule has 8 nitrogen and oxygen atoms in total. The maximum Gasteiger partial charge on any atom is 0.242 e. The van der Waals surface area contributed by atoms with E-state index < -0.39 is 0 Å². The lowest BCUT2D eigenvalue weighted by molar-refractivity contribution is -0.122. The molecule has 3 heterocycles. The normalized spacial score (nSPS) is 14.2. The van der Waals surface area contributed by atoms with Crippen LogP contribution >= 0.6 is 0 Å². The van der Waals surface area contributed by atoms with E-state index >= 15 is 0 Å². The van der Waals surface area contributed by atoms with Crippen molar-refractivity contribution in [3.05, 3.63) is 48.2 Å². The minimum absolute atomic E-state index is 0.0942. The van der Waals surface area contributed by atoms with E-state index in [1.165, 1.54) is 0 Å². The Kier molecular flexibility index (Phi) is 4.30. The maximum absolute atomic E-state index is 12.2. The topological polar surface area (TPSA) is 93.0 Å². The van der Waals surface area contributed by atoms with Crippen molar-refractivity contribution in [3.8, 4) is 0 Å². The number of nitrogens with zero attached hydrogens (tertiary/aromatic N) is 5. The molecule has 1 saturated heterocycles. The van der Waals surface area contributed by atoms with Crippen molar-refractivity contribution in [2.24, 2.45) is 0 Å². The number of aromatic nitrogens is 4. The van der Waals surface area contributed by atoms with Gasteiger partial charge in [-0.1, -0.05) is 17.3 Å². The van der Waals surface area contributed by atoms with Gasteiger partial charge in [-0.25, -0.2) is 9.67 Å². The molecule has 1 N–H and O–H groups in total. The largest absolute Gasteiger partial charge is 0.350 e. The number of amides is 2. The number of nitrogens with one attached hydrogen (secondary N) is 1. The Bertz CT molecular complexity index is 967. The van der Waals surface area contributed by atoms with Gasteiger partial charge in [0, 0.05) is 25.7 Å². The number of pyridine rings is 1. The van der Waals surface area contributed by atoms with Crippen LogP contribution in [0, 0.1) is 0 Å². The highest BCUT2D eigenvalue weighted by atomic mass is 16.2. The molecule has 1 aromatic carbocycles. The highest BCUT2D eigenvalue weighted by Crippen LogP contribution is 2.19. The first-order valence-electron chi connectivity index (χ1n) is 8.51. The minimum atomic E-state index is -0.156. The van der Waals surface area contributed by atoms with Crippen LogP contribution in [0.4, 0.5) is 5.82 Å². The summed E-state index contributed by atoms with van der Waals surface area (Å²) in [6.07, 6.45) is 3.08. The summed E-state index contributed by atoms with van der Waals surface area (Å²) in [5.74, 6) is 0.578. The number of benzene rings is 1. The Labute approximate surface area is 149 Å². The Morgan fingerprint density at radius 2 is 2.12 bits per heavy atom. The highest BCUT2D eigenvalue weighted by Gasteiger charge is 2.22. The average molecular weight is 350 g/mol.